The van der Waals surface area contributed by atoms with Crippen LogP contribution in [-0.2, 0) is 14.3 Å². The number of aromatic nitrogens is 2. The smallest absolute Gasteiger partial charge is 0.407 e. The fourth-order valence-corrected chi connectivity index (χ4v) is 5.21. The van der Waals surface area contributed by atoms with Crippen LogP contribution in [0.4, 0.5) is 4.79 Å². The van der Waals surface area contributed by atoms with Crippen molar-refractivity contribution in [2.45, 2.75) is 95.9 Å². The van der Waals surface area contributed by atoms with Gasteiger partial charge < -0.3 is 24.4 Å². The second-order valence-corrected chi connectivity index (χ2v) is 10.3. The molecule has 2 fully saturated rings. The minimum absolute atomic E-state index is 0.102. The zero-order valence-electron chi connectivity index (χ0n) is 20.1. The summed E-state index contributed by atoms with van der Waals surface area (Å²) in [5.74, 6) is 0.686. The van der Waals surface area contributed by atoms with Crippen LogP contribution in [0.15, 0.2) is 6.33 Å². The third kappa shape index (κ3) is 5.75. The molecule has 182 valence electrons. The van der Waals surface area contributed by atoms with E-state index >= 15 is 0 Å². The second-order valence-electron chi connectivity index (χ2n) is 10.3. The van der Waals surface area contributed by atoms with Crippen LogP contribution in [0.2, 0.25) is 0 Å². The van der Waals surface area contributed by atoms with Crippen LogP contribution in [0.5, 0.6) is 5.88 Å². The summed E-state index contributed by atoms with van der Waals surface area (Å²) < 4.78 is 17.8. The minimum atomic E-state index is -0.588. The number of ether oxygens (including phenoxy) is 3. The third-order valence-electron chi connectivity index (χ3n) is 6.77. The summed E-state index contributed by atoms with van der Waals surface area (Å²) in [6, 6.07) is -0.511. The summed E-state index contributed by atoms with van der Waals surface area (Å²) in [6.45, 7) is 8.36. The molecule has 2 unspecified atom stereocenters. The van der Waals surface area contributed by atoms with Gasteiger partial charge in [-0.25, -0.2) is 14.8 Å². The highest BCUT2D eigenvalue weighted by atomic mass is 16.6. The molecular weight excluding hydrogens is 424 g/mol. The van der Waals surface area contributed by atoms with E-state index in [-0.39, 0.29) is 30.7 Å². The van der Waals surface area contributed by atoms with E-state index in [0.29, 0.717) is 24.9 Å². The predicted octanol–water partition coefficient (Wildman–Crippen LogP) is 3.10. The van der Waals surface area contributed by atoms with Crippen LogP contribution in [-0.4, -0.2) is 70.4 Å². The Labute approximate surface area is 195 Å². The Morgan fingerprint density at radius 2 is 1.94 bits per heavy atom. The van der Waals surface area contributed by atoms with Gasteiger partial charge >= 0.3 is 6.09 Å². The van der Waals surface area contributed by atoms with E-state index in [1.807, 2.05) is 27.7 Å². The maximum absolute atomic E-state index is 13.2. The molecule has 5 rings (SSSR count). The van der Waals surface area contributed by atoms with Crippen LogP contribution in [0.25, 0.3) is 0 Å². The lowest BCUT2D eigenvalue weighted by Crippen LogP contribution is -2.60. The number of hydrogen-bond donors (Lipinski definition) is 1. The van der Waals surface area contributed by atoms with Gasteiger partial charge in [0, 0.05) is 17.8 Å². The fraction of sp³-hybridized carbons (Fsp3) is 0.750. The quantitative estimate of drug-likeness (QED) is 0.687. The average molecular weight is 461 g/mol. The fourth-order valence-electron chi connectivity index (χ4n) is 5.21. The normalized spacial score (nSPS) is 28.4. The monoisotopic (exact) mass is 460 g/mol. The Balaban J connectivity index is 1.56. The van der Waals surface area contributed by atoms with Crippen molar-refractivity contribution in [3.63, 3.8) is 0 Å². The lowest BCUT2D eigenvalue weighted by Gasteiger charge is -2.42. The van der Waals surface area contributed by atoms with E-state index in [0.717, 1.165) is 49.8 Å². The molecule has 1 aromatic rings. The number of alkyl carbamates (subject to hydrolysis) is 1. The predicted molar refractivity (Wildman–Crippen MR) is 121 cm³/mol. The van der Waals surface area contributed by atoms with Crippen molar-refractivity contribution in [2.24, 2.45) is 0 Å². The van der Waals surface area contributed by atoms with Crippen LogP contribution in [0.1, 0.15) is 76.5 Å². The van der Waals surface area contributed by atoms with Crippen molar-refractivity contribution in [2.75, 3.05) is 19.8 Å². The molecule has 3 aliphatic heterocycles. The average Bonchev–Trinajstić information content (AvgIpc) is 2.76. The Kier molecular flexibility index (Phi) is 7.07. The van der Waals surface area contributed by atoms with Gasteiger partial charge in [0.1, 0.15) is 11.9 Å². The summed E-state index contributed by atoms with van der Waals surface area (Å²) >= 11 is 0. The van der Waals surface area contributed by atoms with Gasteiger partial charge in [-0.3, -0.25) is 4.79 Å². The molecule has 9 nitrogen and oxygen atoms in total. The van der Waals surface area contributed by atoms with Gasteiger partial charge in [-0.2, -0.15) is 0 Å². The van der Waals surface area contributed by atoms with E-state index in [1.54, 1.807) is 4.90 Å². The molecule has 4 aliphatic rings. The van der Waals surface area contributed by atoms with Crippen molar-refractivity contribution in [1.29, 1.82) is 0 Å². The SMILES string of the molecule is Cc1ncnc2c1C1CCC(CC1)OCC1C(NC(=O)OC(C)(C)C)CCCN1C(=O)CO2. The lowest BCUT2D eigenvalue weighted by molar-refractivity contribution is -0.141. The number of carbonyl (C=O) groups excluding carboxylic acids is 2. The first-order valence-corrected chi connectivity index (χ1v) is 12.1. The molecule has 0 radical (unpaired) electrons. The third-order valence-corrected chi connectivity index (χ3v) is 6.77. The first kappa shape index (κ1) is 23.7. The Morgan fingerprint density at radius 1 is 1.18 bits per heavy atom. The highest BCUT2D eigenvalue weighted by molar-refractivity contribution is 5.78. The standard InChI is InChI=1S/C24H36N4O5/c1-15-21-16-7-9-17(10-8-16)31-12-19-18(27-23(30)33-24(2,3)4)6-5-11-28(19)20(29)13-32-22(21)26-14-25-15/h14,16-19H,5-13H2,1-4H3,(H,27,30). The van der Waals surface area contributed by atoms with Crippen LogP contribution >= 0.6 is 0 Å². The molecule has 4 heterocycles. The van der Waals surface area contributed by atoms with E-state index in [2.05, 4.69) is 15.3 Å². The molecule has 0 spiro atoms. The molecule has 9 heteroatoms. The molecule has 2 amide bonds. The number of fused-ring (bicyclic) bond motifs is 5. The number of rotatable bonds is 1. The van der Waals surface area contributed by atoms with E-state index in [9.17, 15) is 9.59 Å². The summed E-state index contributed by atoms with van der Waals surface area (Å²) in [4.78, 5) is 36.3. The van der Waals surface area contributed by atoms with Gasteiger partial charge in [-0.15, -0.1) is 0 Å². The number of hydrogen-bond acceptors (Lipinski definition) is 7. The van der Waals surface area contributed by atoms with Crippen molar-refractivity contribution < 1.29 is 23.8 Å². The number of amides is 2. The molecule has 2 atom stereocenters. The highest BCUT2D eigenvalue weighted by Gasteiger charge is 2.38. The number of aryl methyl sites for hydroxylation is 1. The number of nitrogens with one attached hydrogen (secondary N) is 1. The van der Waals surface area contributed by atoms with Crippen molar-refractivity contribution >= 4 is 12.0 Å². The topological polar surface area (TPSA) is 103 Å². The maximum Gasteiger partial charge on any atom is 0.407 e. The van der Waals surface area contributed by atoms with Gasteiger partial charge in [0.05, 0.1) is 24.8 Å². The Hall–Kier alpha value is -2.42. The van der Waals surface area contributed by atoms with Crippen LogP contribution < -0.4 is 10.1 Å². The lowest BCUT2D eigenvalue weighted by atomic mass is 9.82. The Bertz CT molecular complexity index is 863. The molecule has 1 saturated heterocycles. The van der Waals surface area contributed by atoms with Gasteiger partial charge in [0.25, 0.3) is 5.91 Å². The molecule has 2 bridgehead atoms. The van der Waals surface area contributed by atoms with Gasteiger partial charge in [-0.1, -0.05) is 0 Å². The Morgan fingerprint density at radius 3 is 2.67 bits per heavy atom. The second kappa shape index (κ2) is 9.83. The summed E-state index contributed by atoms with van der Waals surface area (Å²) in [6.07, 6.45) is 6.52. The van der Waals surface area contributed by atoms with Gasteiger partial charge in [-0.05, 0) is 72.1 Å². The minimum Gasteiger partial charge on any atom is -0.467 e. The first-order chi connectivity index (χ1) is 15.7. The van der Waals surface area contributed by atoms with E-state index < -0.39 is 11.7 Å². The summed E-state index contributed by atoms with van der Waals surface area (Å²) in [7, 11) is 0. The number of nitrogens with zero attached hydrogens (tertiary/aromatic N) is 3. The zero-order chi connectivity index (χ0) is 23.6. The van der Waals surface area contributed by atoms with Crippen LogP contribution in [0, 0.1) is 6.92 Å². The molecule has 1 aromatic heterocycles. The molecule has 1 N–H and O–H groups in total. The molecule has 33 heavy (non-hydrogen) atoms. The summed E-state index contributed by atoms with van der Waals surface area (Å²) in [5, 5.41) is 2.99. The molecule has 1 aliphatic carbocycles. The summed E-state index contributed by atoms with van der Waals surface area (Å²) in [5.41, 5.74) is 1.34. The molecular formula is C24H36N4O5. The van der Waals surface area contributed by atoms with Gasteiger partial charge in [0.15, 0.2) is 6.61 Å². The van der Waals surface area contributed by atoms with Crippen LogP contribution in [0.3, 0.4) is 0 Å². The maximum atomic E-state index is 13.2. The van der Waals surface area contributed by atoms with Crippen molar-refractivity contribution in [1.82, 2.24) is 20.2 Å². The molecule has 1 saturated carbocycles. The highest BCUT2D eigenvalue weighted by Crippen LogP contribution is 2.39. The van der Waals surface area contributed by atoms with E-state index in [1.165, 1.54) is 6.33 Å². The number of piperidine rings is 1. The zero-order valence-corrected chi connectivity index (χ0v) is 20.1. The van der Waals surface area contributed by atoms with Crippen molar-refractivity contribution in [3.8, 4) is 5.88 Å². The van der Waals surface area contributed by atoms with Gasteiger partial charge in [0.2, 0.25) is 5.88 Å². The number of carbonyl (C=O) groups is 2. The largest absolute Gasteiger partial charge is 0.467 e. The molecule has 0 aromatic carbocycles. The first-order valence-electron chi connectivity index (χ1n) is 12.1. The van der Waals surface area contributed by atoms with Crippen molar-refractivity contribution in [3.05, 3.63) is 17.6 Å². The van der Waals surface area contributed by atoms with E-state index in [4.69, 9.17) is 14.2 Å².